The summed E-state index contributed by atoms with van der Waals surface area (Å²) in [6, 6.07) is 4.97. The van der Waals surface area contributed by atoms with Crippen LogP contribution in [0.15, 0.2) is 12.1 Å². The number of morpholine rings is 1. The zero-order valence-corrected chi connectivity index (χ0v) is 17.2. The van der Waals surface area contributed by atoms with Gasteiger partial charge in [-0.05, 0) is 56.6 Å². The second-order valence-corrected chi connectivity index (χ2v) is 9.87. The van der Waals surface area contributed by atoms with Gasteiger partial charge in [0.05, 0.1) is 19.3 Å². The molecule has 2 heterocycles. The van der Waals surface area contributed by atoms with E-state index in [2.05, 4.69) is 29.3 Å². The Bertz CT molecular complexity index is 629. The molecule has 2 bridgehead atoms. The topological polar surface area (TPSA) is 67.6 Å². The van der Waals surface area contributed by atoms with E-state index in [1.54, 1.807) is 0 Å². The van der Waals surface area contributed by atoms with Gasteiger partial charge >= 0.3 is 0 Å². The highest BCUT2D eigenvalue weighted by Gasteiger charge is 2.40. The molecule has 1 aromatic heterocycles. The van der Waals surface area contributed by atoms with Gasteiger partial charge in [0, 0.05) is 41.3 Å². The molecule has 3 atom stereocenters. The molecule has 3 fully saturated rings. The molecule has 2 saturated carbocycles. The Morgan fingerprint density at radius 2 is 2.00 bits per heavy atom. The molecule has 27 heavy (non-hydrogen) atoms. The predicted molar refractivity (Wildman–Crippen MR) is 109 cm³/mol. The number of carbonyl (C=O) groups excluding carboxylic acids is 1. The van der Waals surface area contributed by atoms with Crippen molar-refractivity contribution in [1.29, 1.82) is 0 Å². The molecular weight excluding hydrogens is 358 g/mol. The molecule has 1 aromatic rings. The minimum Gasteiger partial charge on any atom is -0.379 e. The van der Waals surface area contributed by atoms with E-state index in [9.17, 15) is 4.79 Å². The fraction of sp³-hybridized carbons (Fsp3) is 0.762. The lowest BCUT2D eigenvalue weighted by Gasteiger charge is -2.43. The average Bonchev–Trinajstić information content (AvgIpc) is 3.08. The predicted octanol–water partition coefficient (Wildman–Crippen LogP) is 2.70. The molecule has 1 amide bonds. The fourth-order valence-corrected chi connectivity index (χ4v) is 6.29. The molecule has 0 aromatic carbocycles. The maximum atomic E-state index is 13.0. The van der Waals surface area contributed by atoms with Crippen molar-refractivity contribution in [3.8, 4) is 0 Å². The second kappa shape index (κ2) is 8.60. The lowest BCUT2D eigenvalue weighted by atomic mass is 9.65. The van der Waals surface area contributed by atoms with Crippen LogP contribution in [0.3, 0.4) is 0 Å². The van der Waals surface area contributed by atoms with Gasteiger partial charge in [0.1, 0.15) is 0 Å². The monoisotopic (exact) mass is 391 g/mol. The summed E-state index contributed by atoms with van der Waals surface area (Å²) in [6.07, 6.45) is 5.64. The lowest BCUT2D eigenvalue weighted by Crippen LogP contribution is -2.50. The third-order valence-corrected chi connectivity index (χ3v) is 7.93. The summed E-state index contributed by atoms with van der Waals surface area (Å²) in [6.45, 7) is 6.25. The van der Waals surface area contributed by atoms with Crippen LogP contribution in [0.2, 0.25) is 0 Å². The minimum atomic E-state index is 0.149. The van der Waals surface area contributed by atoms with Crippen molar-refractivity contribution in [1.82, 2.24) is 10.2 Å². The van der Waals surface area contributed by atoms with E-state index < -0.39 is 0 Å². The Hall–Kier alpha value is -0.950. The lowest BCUT2D eigenvalue weighted by molar-refractivity contribution is -0.128. The number of nitrogens with two attached hydrogens (primary N) is 1. The molecule has 3 unspecified atom stereocenters. The summed E-state index contributed by atoms with van der Waals surface area (Å²) < 4.78 is 5.53. The maximum absolute atomic E-state index is 13.0. The SMILES string of the molecule is Cc1ccc(C(CNC(=O)C2CC3CCCC(C2)C3N)N2CCOCC2)s1. The highest BCUT2D eigenvalue weighted by Crippen LogP contribution is 2.42. The van der Waals surface area contributed by atoms with E-state index in [1.807, 2.05) is 11.3 Å². The first kappa shape index (κ1) is 19.4. The zero-order valence-electron chi connectivity index (χ0n) is 16.4. The van der Waals surface area contributed by atoms with Gasteiger partial charge in [-0.1, -0.05) is 6.42 Å². The number of nitrogens with one attached hydrogen (secondary N) is 1. The molecule has 3 aliphatic rings. The number of amides is 1. The van der Waals surface area contributed by atoms with Crippen molar-refractivity contribution in [3.63, 3.8) is 0 Å². The van der Waals surface area contributed by atoms with Crippen LogP contribution >= 0.6 is 11.3 Å². The van der Waals surface area contributed by atoms with Crippen molar-refractivity contribution in [3.05, 3.63) is 21.9 Å². The first-order valence-corrected chi connectivity index (χ1v) is 11.3. The smallest absolute Gasteiger partial charge is 0.223 e. The number of hydrogen-bond donors (Lipinski definition) is 2. The molecule has 5 nitrogen and oxygen atoms in total. The number of aryl methyl sites for hydroxylation is 1. The van der Waals surface area contributed by atoms with Gasteiger partial charge in [0.25, 0.3) is 0 Å². The quantitative estimate of drug-likeness (QED) is 0.810. The molecule has 0 radical (unpaired) electrons. The largest absolute Gasteiger partial charge is 0.379 e. The van der Waals surface area contributed by atoms with E-state index in [-0.39, 0.29) is 17.9 Å². The molecular formula is C21H33N3O2S. The van der Waals surface area contributed by atoms with Gasteiger partial charge in [0.2, 0.25) is 5.91 Å². The van der Waals surface area contributed by atoms with E-state index in [4.69, 9.17) is 10.5 Å². The molecule has 3 N–H and O–H groups in total. The van der Waals surface area contributed by atoms with E-state index in [1.165, 1.54) is 29.0 Å². The normalized spacial score (nSPS) is 32.8. The van der Waals surface area contributed by atoms with Gasteiger partial charge in [0.15, 0.2) is 0 Å². The fourth-order valence-electron chi connectivity index (χ4n) is 5.28. The number of hydrogen-bond acceptors (Lipinski definition) is 5. The van der Waals surface area contributed by atoms with Crippen LogP contribution in [0.1, 0.15) is 47.9 Å². The summed E-state index contributed by atoms with van der Waals surface area (Å²) in [5, 5.41) is 3.31. The Balaban J connectivity index is 1.39. The van der Waals surface area contributed by atoms with Crippen LogP contribution in [-0.2, 0) is 9.53 Å². The number of ether oxygens (including phenoxy) is 1. The molecule has 4 rings (SSSR count). The second-order valence-electron chi connectivity index (χ2n) is 8.55. The first-order chi connectivity index (χ1) is 13.1. The third-order valence-electron chi connectivity index (χ3n) is 6.83. The van der Waals surface area contributed by atoms with Crippen LogP contribution in [0.4, 0.5) is 0 Å². The minimum absolute atomic E-state index is 0.149. The summed E-state index contributed by atoms with van der Waals surface area (Å²) in [4.78, 5) is 18.1. The van der Waals surface area contributed by atoms with Crippen LogP contribution < -0.4 is 11.1 Å². The highest BCUT2D eigenvalue weighted by atomic mass is 32.1. The van der Waals surface area contributed by atoms with Crippen molar-refractivity contribution in [2.75, 3.05) is 32.8 Å². The van der Waals surface area contributed by atoms with Crippen molar-refractivity contribution >= 4 is 17.2 Å². The summed E-state index contributed by atoms with van der Waals surface area (Å²) in [5.74, 6) is 1.48. The van der Waals surface area contributed by atoms with Gasteiger partial charge in [-0.15, -0.1) is 11.3 Å². The maximum Gasteiger partial charge on any atom is 0.223 e. The Morgan fingerprint density at radius 3 is 2.63 bits per heavy atom. The Kier molecular flexibility index (Phi) is 6.17. The highest BCUT2D eigenvalue weighted by molar-refractivity contribution is 7.12. The van der Waals surface area contributed by atoms with Crippen molar-refractivity contribution < 1.29 is 9.53 Å². The van der Waals surface area contributed by atoms with Crippen LogP contribution in [0.5, 0.6) is 0 Å². The van der Waals surface area contributed by atoms with Crippen LogP contribution in [0, 0.1) is 24.7 Å². The molecule has 2 aliphatic carbocycles. The number of nitrogens with zero attached hydrogens (tertiary/aromatic N) is 1. The molecule has 150 valence electrons. The average molecular weight is 392 g/mol. The number of carbonyl (C=O) groups is 1. The Morgan fingerprint density at radius 1 is 1.30 bits per heavy atom. The van der Waals surface area contributed by atoms with Gasteiger partial charge in [-0.3, -0.25) is 9.69 Å². The van der Waals surface area contributed by atoms with E-state index >= 15 is 0 Å². The number of thiophene rings is 1. The summed E-state index contributed by atoms with van der Waals surface area (Å²) in [5.41, 5.74) is 6.40. The van der Waals surface area contributed by atoms with Gasteiger partial charge < -0.3 is 15.8 Å². The summed E-state index contributed by atoms with van der Waals surface area (Å²) >= 11 is 1.84. The third kappa shape index (κ3) is 4.39. The molecule has 0 spiro atoms. The first-order valence-electron chi connectivity index (χ1n) is 10.5. The molecule has 1 saturated heterocycles. The van der Waals surface area contributed by atoms with Crippen molar-refractivity contribution in [2.24, 2.45) is 23.5 Å². The standard InChI is InChI=1S/C21H33N3O2S/c1-14-5-6-19(27-14)18(24-7-9-26-10-8-24)13-23-21(25)17-11-15-3-2-4-16(12-17)20(15)22/h5-6,15-18,20H,2-4,7-13,22H2,1H3,(H,23,25). The summed E-state index contributed by atoms with van der Waals surface area (Å²) in [7, 11) is 0. The number of rotatable bonds is 5. The Labute approximate surface area is 166 Å². The van der Waals surface area contributed by atoms with Gasteiger partial charge in [-0.2, -0.15) is 0 Å². The van der Waals surface area contributed by atoms with Crippen LogP contribution in [0.25, 0.3) is 0 Å². The molecule has 1 aliphatic heterocycles. The van der Waals surface area contributed by atoms with E-state index in [0.29, 0.717) is 24.4 Å². The number of fused-ring (bicyclic) bond motifs is 2. The van der Waals surface area contributed by atoms with Crippen LogP contribution in [-0.4, -0.2) is 49.7 Å². The molecule has 6 heteroatoms. The van der Waals surface area contributed by atoms with Gasteiger partial charge in [-0.25, -0.2) is 0 Å². The van der Waals surface area contributed by atoms with Crippen molar-refractivity contribution in [2.45, 2.75) is 51.1 Å². The zero-order chi connectivity index (χ0) is 18.8. The van der Waals surface area contributed by atoms with E-state index in [0.717, 1.165) is 39.1 Å².